The minimum atomic E-state index is -3.73. The molecule has 102 valence electrons. The summed E-state index contributed by atoms with van der Waals surface area (Å²) in [7, 11) is -3.73. The van der Waals surface area contributed by atoms with Crippen molar-refractivity contribution in [2.45, 2.75) is 38.1 Å². The molecular weight excluding hydrogens is 250 g/mol. The topological polar surface area (TPSA) is 89.4 Å². The zero-order valence-corrected chi connectivity index (χ0v) is 11.9. The summed E-state index contributed by atoms with van der Waals surface area (Å²) in [5.74, 6) is 0. The average molecular weight is 271 g/mol. The predicted octanol–water partition coefficient (Wildman–Crippen LogP) is 1.54. The van der Waals surface area contributed by atoms with Crippen LogP contribution in [0.1, 0.15) is 27.2 Å². The molecule has 0 spiro atoms. The molecule has 0 radical (unpaired) electrons. The van der Waals surface area contributed by atoms with Crippen LogP contribution in [-0.4, -0.2) is 21.0 Å². The Morgan fingerprint density at radius 1 is 1.28 bits per heavy atom. The molecule has 0 aromatic heterocycles. The summed E-state index contributed by atoms with van der Waals surface area (Å²) in [5, 5.41) is 5.14. The Morgan fingerprint density at radius 3 is 2.33 bits per heavy atom. The van der Waals surface area contributed by atoms with E-state index >= 15 is 0 Å². The first-order valence-corrected chi connectivity index (χ1v) is 7.50. The Morgan fingerprint density at radius 2 is 1.89 bits per heavy atom. The largest absolute Gasteiger partial charge is 0.399 e. The van der Waals surface area contributed by atoms with E-state index < -0.39 is 10.0 Å². The van der Waals surface area contributed by atoms with E-state index in [4.69, 9.17) is 10.9 Å². The normalized spacial score (nSPS) is 11.8. The monoisotopic (exact) mass is 271 g/mol. The van der Waals surface area contributed by atoms with E-state index in [1.807, 2.05) is 0 Å². The quantitative estimate of drug-likeness (QED) is 0.795. The number of hydrogen-bond donors (Lipinski definition) is 2. The number of benzene rings is 1. The van der Waals surface area contributed by atoms with Gasteiger partial charge in [0.1, 0.15) is 0 Å². The van der Waals surface area contributed by atoms with Gasteiger partial charge in [-0.3, -0.25) is 0 Å². The molecule has 0 amide bonds. The number of anilines is 2. The van der Waals surface area contributed by atoms with Gasteiger partial charge in [-0.1, -0.05) is 6.92 Å². The second kappa shape index (κ2) is 5.58. The molecule has 0 saturated heterocycles. The molecule has 1 aromatic carbocycles. The van der Waals surface area contributed by atoms with Gasteiger partial charge in [-0.05, 0) is 38.5 Å². The standard InChI is InChI=1S/C12H21N3O2S/c1-4-5-15(9(2)3)11-6-10(13)7-12(8-11)18(14,16)17/h6-9H,4-5,13H2,1-3H3,(H2,14,16,17). The first kappa shape index (κ1) is 14.8. The molecule has 0 saturated carbocycles. The highest BCUT2D eigenvalue weighted by molar-refractivity contribution is 7.89. The fourth-order valence-corrected chi connectivity index (χ4v) is 2.45. The predicted molar refractivity (Wildman–Crippen MR) is 75.0 cm³/mol. The summed E-state index contributed by atoms with van der Waals surface area (Å²) in [5.41, 5.74) is 6.93. The number of hydrogen-bond acceptors (Lipinski definition) is 4. The summed E-state index contributed by atoms with van der Waals surface area (Å²) in [6.45, 7) is 7.01. The summed E-state index contributed by atoms with van der Waals surface area (Å²) >= 11 is 0. The molecule has 0 fully saturated rings. The van der Waals surface area contributed by atoms with Crippen LogP contribution in [0.3, 0.4) is 0 Å². The maximum Gasteiger partial charge on any atom is 0.238 e. The molecule has 5 nitrogen and oxygen atoms in total. The Bertz CT molecular complexity index is 512. The van der Waals surface area contributed by atoms with E-state index in [0.29, 0.717) is 5.69 Å². The molecule has 1 aromatic rings. The van der Waals surface area contributed by atoms with Crippen molar-refractivity contribution in [2.75, 3.05) is 17.2 Å². The van der Waals surface area contributed by atoms with Gasteiger partial charge in [0.25, 0.3) is 0 Å². The second-order valence-corrected chi connectivity index (χ2v) is 6.15. The summed E-state index contributed by atoms with van der Waals surface area (Å²) < 4.78 is 22.8. The Labute approximate surface area is 109 Å². The number of sulfonamides is 1. The summed E-state index contributed by atoms with van der Waals surface area (Å²) in [6, 6.07) is 4.98. The molecule has 0 aliphatic carbocycles. The minimum absolute atomic E-state index is 0.0549. The molecule has 0 bridgehead atoms. The van der Waals surface area contributed by atoms with Gasteiger partial charge in [-0.15, -0.1) is 0 Å². The second-order valence-electron chi connectivity index (χ2n) is 4.59. The Balaban J connectivity index is 3.27. The fraction of sp³-hybridized carbons (Fsp3) is 0.500. The Kier molecular flexibility index (Phi) is 4.59. The number of primary sulfonamides is 1. The van der Waals surface area contributed by atoms with Crippen molar-refractivity contribution in [1.29, 1.82) is 0 Å². The average Bonchev–Trinajstić information content (AvgIpc) is 2.23. The van der Waals surface area contributed by atoms with Crippen molar-refractivity contribution in [3.63, 3.8) is 0 Å². The lowest BCUT2D eigenvalue weighted by atomic mass is 10.2. The molecule has 0 aliphatic heterocycles. The third kappa shape index (κ3) is 3.61. The highest BCUT2D eigenvalue weighted by atomic mass is 32.2. The van der Waals surface area contributed by atoms with Crippen LogP contribution in [0.5, 0.6) is 0 Å². The third-order valence-corrected chi connectivity index (χ3v) is 3.55. The zero-order chi connectivity index (χ0) is 13.9. The van der Waals surface area contributed by atoms with Crippen LogP contribution in [0.2, 0.25) is 0 Å². The first-order valence-electron chi connectivity index (χ1n) is 5.95. The molecule has 0 heterocycles. The van der Waals surface area contributed by atoms with Crippen LogP contribution >= 0.6 is 0 Å². The third-order valence-electron chi connectivity index (χ3n) is 2.66. The Hall–Kier alpha value is -1.27. The van der Waals surface area contributed by atoms with Gasteiger partial charge >= 0.3 is 0 Å². The molecule has 18 heavy (non-hydrogen) atoms. The van der Waals surface area contributed by atoms with Gasteiger partial charge in [-0.25, -0.2) is 13.6 Å². The van der Waals surface area contributed by atoms with Crippen molar-refractivity contribution in [3.8, 4) is 0 Å². The maximum absolute atomic E-state index is 11.4. The number of rotatable bonds is 5. The lowest BCUT2D eigenvalue weighted by Crippen LogP contribution is -2.31. The van der Waals surface area contributed by atoms with Crippen LogP contribution in [0.4, 0.5) is 11.4 Å². The van der Waals surface area contributed by atoms with Crippen LogP contribution in [-0.2, 0) is 10.0 Å². The molecule has 0 atom stereocenters. The first-order chi connectivity index (χ1) is 8.25. The summed E-state index contributed by atoms with van der Waals surface area (Å²) in [4.78, 5) is 2.16. The van der Waals surface area contributed by atoms with E-state index in [0.717, 1.165) is 18.7 Å². The maximum atomic E-state index is 11.4. The van der Waals surface area contributed by atoms with Crippen LogP contribution < -0.4 is 15.8 Å². The van der Waals surface area contributed by atoms with Crippen molar-refractivity contribution in [3.05, 3.63) is 18.2 Å². The highest BCUT2D eigenvalue weighted by Crippen LogP contribution is 2.24. The molecule has 1 rings (SSSR count). The zero-order valence-electron chi connectivity index (χ0n) is 11.1. The lowest BCUT2D eigenvalue weighted by Gasteiger charge is -2.29. The minimum Gasteiger partial charge on any atom is -0.399 e. The van der Waals surface area contributed by atoms with Crippen molar-refractivity contribution >= 4 is 21.4 Å². The smallest absolute Gasteiger partial charge is 0.238 e. The molecule has 0 unspecified atom stereocenters. The van der Waals surface area contributed by atoms with Gasteiger partial charge in [0, 0.05) is 24.0 Å². The van der Waals surface area contributed by atoms with E-state index in [2.05, 4.69) is 25.7 Å². The van der Waals surface area contributed by atoms with Crippen molar-refractivity contribution in [1.82, 2.24) is 0 Å². The van der Waals surface area contributed by atoms with Crippen molar-refractivity contribution < 1.29 is 8.42 Å². The number of nitrogens with two attached hydrogens (primary N) is 2. The number of nitrogens with zero attached hydrogens (tertiary/aromatic N) is 1. The SMILES string of the molecule is CCCN(c1cc(N)cc(S(N)(=O)=O)c1)C(C)C. The van der Waals surface area contributed by atoms with Crippen LogP contribution in [0.15, 0.2) is 23.1 Å². The van der Waals surface area contributed by atoms with Crippen LogP contribution in [0, 0.1) is 0 Å². The van der Waals surface area contributed by atoms with Crippen molar-refractivity contribution in [2.24, 2.45) is 5.14 Å². The molecule has 6 heteroatoms. The fourth-order valence-electron chi connectivity index (χ4n) is 1.86. The van der Waals surface area contributed by atoms with E-state index in [-0.39, 0.29) is 10.9 Å². The van der Waals surface area contributed by atoms with Gasteiger partial charge < -0.3 is 10.6 Å². The number of nitrogen functional groups attached to an aromatic ring is 1. The molecule has 4 N–H and O–H groups in total. The van der Waals surface area contributed by atoms with Gasteiger partial charge in [0.2, 0.25) is 10.0 Å². The summed E-state index contributed by atoms with van der Waals surface area (Å²) in [6.07, 6.45) is 0.970. The van der Waals surface area contributed by atoms with E-state index in [1.165, 1.54) is 6.07 Å². The van der Waals surface area contributed by atoms with Gasteiger partial charge in [-0.2, -0.15) is 0 Å². The van der Waals surface area contributed by atoms with Gasteiger partial charge in [0.15, 0.2) is 0 Å². The lowest BCUT2D eigenvalue weighted by molar-refractivity contribution is 0.597. The van der Waals surface area contributed by atoms with Gasteiger partial charge in [0.05, 0.1) is 4.90 Å². The highest BCUT2D eigenvalue weighted by Gasteiger charge is 2.15. The molecule has 0 aliphatic rings. The van der Waals surface area contributed by atoms with Crippen LogP contribution in [0.25, 0.3) is 0 Å². The van der Waals surface area contributed by atoms with E-state index in [9.17, 15) is 8.42 Å². The van der Waals surface area contributed by atoms with E-state index in [1.54, 1.807) is 12.1 Å². The molecular formula is C12H21N3O2S.